The second-order valence-corrected chi connectivity index (χ2v) is 6.76. The van der Waals surface area contributed by atoms with Gasteiger partial charge < -0.3 is 4.90 Å². The molecule has 2 fully saturated rings. The summed E-state index contributed by atoms with van der Waals surface area (Å²) in [5.74, 6) is 0.557. The number of hydrogen-bond acceptors (Lipinski definition) is 2. The van der Waals surface area contributed by atoms with Crippen LogP contribution in [0.5, 0.6) is 0 Å². The van der Waals surface area contributed by atoms with Crippen molar-refractivity contribution in [3.05, 3.63) is 35.6 Å². The van der Waals surface area contributed by atoms with E-state index >= 15 is 0 Å². The number of carbonyl (C=O) groups is 1. The van der Waals surface area contributed by atoms with Crippen LogP contribution in [0.25, 0.3) is 0 Å². The molecule has 1 aromatic rings. The largest absolute Gasteiger partial charge is 0.336 e. The van der Waals surface area contributed by atoms with Crippen LogP contribution in [0, 0.1) is 11.7 Å². The van der Waals surface area contributed by atoms with Gasteiger partial charge in [-0.05, 0) is 43.0 Å². The molecule has 120 valence electrons. The number of hydrogen-bond donors (Lipinski definition) is 0. The van der Waals surface area contributed by atoms with Gasteiger partial charge in [-0.1, -0.05) is 19.8 Å². The highest BCUT2D eigenvalue weighted by atomic mass is 19.1. The first-order chi connectivity index (χ1) is 10.6. The monoisotopic (exact) mass is 304 g/mol. The second-order valence-electron chi connectivity index (χ2n) is 6.76. The Morgan fingerprint density at radius 3 is 2.41 bits per heavy atom. The average Bonchev–Trinajstić information content (AvgIpc) is 2.55. The molecule has 1 heterocycles. The van der Waals surface area contributed by atoms with Gasteiger partial charge in [0.15, 0.2) is 0 Å². The van der Waals surface area contributed by atoms with Crippen LogP contribution >= 0.6 is 0 Å². The van der Waals surface area contributed by atoms with Crippen LogP contribution in [0.3, 0.4) is 0 Å². The summed E-state index contributed by atoms with van der Waals surface area (Å²) in [4.78, 5) is 16.9. The number of halogens is 1. The minimum atomic E-state index is -0.298. The van der Waals surface area contributed by atoms with Crippen LogP contribution in [-0.2, 0) is 0 Å². The number of benzene rings is 1. The lowest BCUT2D eigenvalue weighted by molar-refractivity contribution is 0.0489. The molecule has 0 radical (unpaired) electrons. The molecule has 3 rings (SSSR count). The van der Waals surface area contributed by atoms with Gasteiger partial charge in [-0.2, -0.15) is 0 Å². The molecule has 4 heteroatoms. The highest BCUT2D eigenvalue weighted by Gasteiger charge is 2.29. The Morgan fingerprint density at radius 2 is 1.77 bits per heavy atom. The van der Waals surface area contributed by atoms with Crippen molar-refractivity contribution in [1.82, 2.24) is 9.80 Å². The quantitative estimate of drug-likeness (QED) is 0.838. The first kappa shape index (κ1) is 15.5. The lowest BCUT2D eigenvalue weighted by Gasteiger charge is -2.42. The molecule has 0 N–H and O–H groups in total. The van der Waals surface area contributed by atoms with Crippen LogP contribution < -0.4 is 0 Å². The minimum absolute atomic E-state index is 0.0247. The normalized spacial score (nSPS) is 26.9. The molecule has 2 aliphatic rings. The summed E-state index contributed by atoms with van der Waals surface area (Å²) in [7, 11) is 0. The molecule has 1 amide bonds. The van der Waals surface area contributed by atoms with Crippen LogP contribution in [0.15, 0.2) is 24.3 Å². The molecule has 1 saturated carbocycles. The predicted molar refractivity (Wildman–Crippen MR) is 85.3 cm³/mol. The number of carbonyl (C=O) groups excluding carboxylic acids is 1. The predicted octanol–water partition coefficient (Wildman–Crippen LogP) is 3.16. The highest BCUT2D eigenvalue weighted by Crippen LogP contribution is 2.28. The fourth-order valence-corrected chi connectivity index (χ4v) is 3.80. The van der Waals surface area contributed by atoms with E-state index in [1.165, 1.54) is 37.8 Å². The summed E-state index contributed by atoms with van der Waals surface area (Å²) in [6.45, 7) is 5.83. The van der Waals surface area contributed by atoms with Gasteiger partial charge in [-0.25, -0.2) is 4.39 Å². The van der Waals surface area contributed by atoms with Gasteiger partial charge in [0.25, 0.3) is 5.91 Å². The van der Waals surface area contributed by atoms with E-state index in [0.29, 0.717) is 11.6 Å². The first-order valence-electron chi connectivity index (χ1n) is 8.42. The Hall–Kier alpha value is -1.42. The zero-order valence-electron chi connectivity index (χ0n) is 13.3. The van der Waals surface area contributed by atoms with Crippen molar-refractivity contribution in [3.63, 3.8) is 0 Å². The van der Waals surface area contributed by atoms with E-state index < -0.39 is 0 Å². The molecule has 0 bridgehead atoms. The average molecular weight is 304 g/mol. The third kappa shape index (κ3) is 3.49. The third-order valence-electron chi connectivity index (χ3n) is 5.12. The SMILES string of the molecule is C[C@H]1CCC[C@H](N2CCN(C(=O)c3ccc(F)cc3)CC2)C1. The van der Waals surface area contributed by atoms with E-state index in [9.17, 15) is 9.18 Å². The van der Waals surface area contributed by atoms with E-state index in [4.69, 9.17) is 0 Å². The zero-order chi connectivity index (χ0) is 15.5. The van der Waals surface area contributed by atoms with Crippen molar-refractivity contribution in [1.29, 1.82) is 0 Å². The summed E-state index contributed by atoms with van der Waals surface area (Å²) in [5, 5.41) is 0. The van der Waals surface area contributed by atoms with Crippen LogP contribution in [0.4, 0.5) is 4.39 Å². The van der Waals surface area contributed by atoms with Crippen molar-refractivity contribution in [2.24, 2.45) is 5.92 Å². The molecule has 1 aromatic carbocycles. The van der Waals surface area contributed by atoms with Gasteiger partial charge in [0.2, 0.25) is 0 Å². The van der Waals surface area contributed by atoms with Crippen molar-refractivity contribution in [2.75, 3.05) is 26.2 Å². The Balaban J connectivity index is 1.55. The smallest absolute Gasteiger partial charge is 0.253 e. The molecular weight excluding hydrogens is 279 g/mol. The molecule has 0 aromatic heterocycles. The molecule has 22 heavy (non-hydrogen) atoms. The Bertz CT molecular complexity index is 508. The van der Waals surface area contributed by atoms with Crippen LogP contribution in [-0.4, -0.2) is 47.9 Å². The summed E-state index contributed by atoms with van der Waals surface area (Å²) < 4.78 is 12.9. The molecule has 0 unspecified atom stereocenters. The van der Waals surface area contributed by atoms with Gasteiger partial charge in [0.1, 0.15) is 5.82 Å². The molecule has 3 nitrogen and oxygen atoms in total. The number of rotatable bonds is 2. The number of piperazine rings is 1. The fourth-order valence-electron chi connectivity index (χ4n) is 3.80. The second kappa shape index (κ2) is 6.78. The Kier molecular flexibility index (Phi) is 4.77. The summed E-state index contributed by atoms with van der Waals surface area (Å²) >= 11 is 0. The van der Waals surface area contributed by atoms with E-state index in [1.54, 1.807) is 12.1 Å². The maximum atomic E-state index is 12.9. The maximum Gasteiger partial charge on any atom is 0.253 e. The summed E-state index contributed by atoms with van der Waals surface area (Å²) in [6.07, 6.45) is 5.29. The molecule has 1 aliphatic carbocycles. The summed E-state index contributed by atoms with van der Waals surface area (Å²) in [6, 6.07) is 6.56. The maximum absolute atomic E-state index is 12.9. The van der Waals surface area contributed by atoms with Crippen molar-refractivity contribution >= 4 is 5.91 Å². The Morgan fingerprint density at radius 1 is 1.09 bits per heavy atom. The van der Waals surface area contributed by atoms with Crippen molar-refractivity contribution < 1.29 is 9.18 Å². The van der Waals surface area contributed by atoms with Crippen LogP contribution in [0.2, 0.25) is 0 Å². The van der Waals surface area contributed by atoms with Gasteiger partial charge in [-0.15, -0.1) is 0 Å². The first-order valence-corrected chi connectivity index (χ1v) is 8.42. The fraction of sp³-hybridized carbons (Fsp3) is 0.611. The zero-order valence-corrected chi connectivity index (χ0v) is 13.3. The molecular formula is C18H25FN2O. The lowest BCUT2D eigenvalue weighted by Crippen LogP contribution is -2.52. The summed E-state index contributed by atoms with van der Waals surface area (Å²) in [5.41, 5.74) is 0.584. The van der Waals surface area contributed by atoms with Crippen molar-refractivity contribution in [3.8, 4) is 0 Å². The molecule has 2 atom stereocenters. The van der Waals surface area contributed by atoms with Gasteiger partial charge >= 0.3 is 0 Å². The minimum Gasteiger partial charge on any atom is -0.336 e. The lowest BCUT2D eigenvalue weighted by atomic mass is 9.86. The van der Waals surface area contributed by atoms with Crippen molar-refractivity contribution in [2.45, 2.75) is 38.6 Å². The topological polar surface area (TPSA) is 23.6 Å². The van der Waals surface area contributed by atoms with Gasteiger partial charge in [0.05, 0.1) is 0 Å². The molecule has 0 spiro atoms. The number of nitrogens with zero attached hydrogens (tertiary/aromatic N) is 2. The highest BCUT2D eigenvalue weighted by molar-refractivity contribution is 5.94. The Labute approximate surface area is 132 Å². The molecule has 1 aliphatic heterocycles. The molecule has 1 saturated heterocycles. The van der Waals surface area contributed by atoms with E-state index in [0.717, 1.165) is 32.1 Å². The number of amides is 1. The van der Waals surface area contributed by atoms with Gasteiger partial charge in [-0.3, -0.25) is 9.69 Å². The standard InChI is InChI=1S/C18H25FN2O/c1-14-3-2-4-17(13-14)20-9-11-21(12-10-20)18(22)15-5-7-16(19)8-6-15/h5-8,14,17H,2-4,9-13H2,1H3/t14-,17-/m0/s1. The van der Waals surface area contributed by atoms with E-state index in [-0.39, 0.29) is 11.7 Å². The third-order valence-corrected chi connectivity index (χ3v) is 5.12. The van der Waals surface area contributed by atoms with Crippen LogP contribution in [0.1, 0.15) is 43.0 Å². The van der Waals surface area contributed by atoms with E-state index in [2.05, 4.69) is 11.8 Å². The van der Waals surface area contributed by atoms with Gasteiger partial charge in [0, 0.05) is 37.8 Å². The van der Waals surface area contributed by atoms with E-state index in [1.807, 2.05) is 4.90 Å².